The highest BCUT2D eigenvalue weighted by Gasteiger charge is 2.22. The fraction of sp³-hybridized carbons (Fsp3) is 0.350. The lowest BCUT2D eigenvalue weighted by atomic mass is 10.1. The number of piperazine rings is 1. The molecule has 0 saturated carbocycles. The van der Waals surface area contributed by atoms with Gasteiger partial charge in [-0.05, 0) is 36.8 Å². The summed E-state index contributed by atoms with van der Waals surface area (Å²) in [4.78, 5) is 3.88. The molecule has 132 valence electrons. The number of nitrogens with one attached hydrogen (secondary N) is 2. The number of methoxy groups -OCH3 is 1. The van der Waals surface area contributed by atoms with Crippen LogP contribution in [0.1, 0.15) is 11.1 Å². The molecule has 2 aromatic rings. The lowest BCUT2D eigenvalue weighted by molar-refractivity contribution is -0.917. The molecule has 0 aromatic heterocycles. The fourth-order valence-corrected chi connectivity index (χ4v) is 3.48. The third kappa shape index (κ3) is 4.71. The van der Waals surface area contributed by atoms with Crippen LogP contribution in [0.2, 0.25) is 0 Å². The number of nitrogens with zero attached hydrogens (tertiary/aromatic N) is 1. The average Bonchev–Trinajstić information content (AvgIpc) is 2.64. The SMILES string of the molecule is COc1cccc(NC(=S)N2CC[NH+](Cc3ccccc3C)CC2)c1. The van der Waals surface area contributed by atoms with E-state index in [0.29, 0.717) is 0 Å². The van der Waals surface area contributed by atoms with Crippen molar-refractivity contribution >= 4 is 23.0 Å². The lowest BCUT2D eigenvalue weighted by Gasteiger charge is -2.34. The molecule has 1 aliphatic heterocycles. The second-order valence-corrected chi connectivity index (χ2v) is 6.89. The maximum absolute atomic E-state index is 5.59. The van der Waals surface area contributed by atoms with Crippen molar-refractivity contribution in [3.63, 3.8) is 0 Å². The molecule has 0 aliphatic carbocycles. The van der Waals surface area contributed by atoms with Gasteiger partial charge in [-0.1, -0.05) is 30.3 Å². The Morgan fingerprint density at radius 2 is 1.92 bits per heavy atom. The Morgan fingerprint density at radius 3 is 2.64 bits per heavy atom. The van der Waals surface area contributed by atoms with Crippen LogP contribution < -0.4 is 15.0 Å². The van der Waals surface area contributed by atoms with E-state index in [4.69, 9.17) is 17.0 Å². The average molecular weight is 357 g/mol. The van der Waals surface area contributed by atoms with Crippen molar-refractivity contribution in [1.82, 2.24) is 4.90 Å². The van der Waals surface area contributed by atoms with Gasteiger partial charge in [-0.15, -0.1) is 0 Å². The van der Waals surface area contributed by atoms with E-state index in [1.165, 1.54) is 11.1 Å². The number of thiocarbonyl (C=S) groups is 1. The van der Waals surface area contributed by atoms with Gasteiger partial charge in [0.25, 0.3) is 0 Å². The summed E-state index contributed by atoms with van der Waals surface area (Å²) in [6.45, 7) is 7.46. The molecule has 5 heteroatoms. The zero-order valence-corrected chi connectivity index (χ0v) is 15.7. The lowest BCUT2D eigenvalue weighted by Crippen LogP contribution is -3.13. The number of hydrogen-bond donors (Lipinski definition) is 2. The van der Waals surface area contributed by atoms with Crippen LogP contribution in [0.4, 0.5) is 5.69 Å². The number of quaternary nitrogens is 1. The molecule has 0 amide bonds. The molecule has 1 fully saturated rings. The van der Waals surface area contributed by atoms with E-state index in [2.05, 4.69) is 41.4 Å². The summed E-state index contributed by atoms with van der Waals surface area (Å²) in [6.07, 6.45) is 0. The van der Waals surface area contributed by atoms with Crippen molar-refractivity contribution in [2.75, 3.05) is 38.6 Å². The molecule has 1 saturated heterocycles. The van der Waals surface area contributed by atoms with Crippen LogP contribution in [0.15, 0.2) is 48.5 Å². The van der Waals surface area contributed by atoms with Crippen LogP contribution in [0.25, 0.3) is 0 Å². The molecule has 0 spiro atoms. The number of ether oxygens (including phenoxy) is 1. The van der Waals surface area contributed by atoms with Gasteiger partial charge in [-0.3, -0.25) is 0 Å². The van der Waals surface area contributed by atoms with E-state index in [-0.39, 0.29) is 0 Å². The zero-order chi connectivity index (χ0) is 17.6. The first-order chi connectivity index (χ1) is 12.2. The number of hydrogen-bond acceptors (Lipinski definition) is 2. The van der Waals surface area contributed by atoms with Gasteiger partial charge in [0.05, 0.1) is 33.3 Å². The Labute approximate surface area is 155 Å². The third-order valence-corrected chi connectivity index (χ3v) is 5.14. The van der Waals surface area contributed by atoms with Gasteiger partial charge in [-0.2, -0.15) is 0 Å². The topological polar surface area (TPSA) is 28.9 Å². The summed E-state index contributed by atoms with van der Waals surface area (Å²) in [5.74, 6) is 0.834. The van der Waals surface area contributed by atoms with E-state index in [0.717, 1.165) is 49.3 Å². The predicted octanol–water partition coefficient (Wildman–Crippen LogP) is 2.10. The molecule has 3 rings (SSSR count). The summed E-state index contributed by atoms with van der Waals surface area (Å²) in [5.41, 5.74) is 3.80. The van der Waals surface area contributed by atoms with Crippen molar-refractivity contribution in [3.8, 4) is 5.75 Å². The molecule has 1 aliphatic rings. The molecular weight excluding hydrogens is 330 g/mol. The molecule has 25 heavy (non-hydrogen) atoms. The first kappa shape index (κ1) is 17.7. The highest BCUT2D eigenvalue weighted by Crippen LogP contribution is 2.17. The monoisotopic (exact) mass is 356 g/mol. The summed E-state index contributed by atoms with van der Waals surface area (Å²) in [7, 11) is 1.67. The van der Waals surface area contributed by atoms with Crippen LogP contribution in [0.3, 0.4) is 0 Å². The van der Waals surface area contributed by atoms with Gasteiger partial charge in [-0.25, -0.2) is 0 Å². The molecule has 0 bridgehead atoms. The van der Waals surface area contributed by atoms with E-state index in [1.807, 2.05) is 24.3 Å². The minimum Gasteiger partial charge on any atom is -0.497 e. The van der Waals surface area contributed by atoms with Crippen LogP contribution in [0, 0.1) is 6.92 Å². The molecule has 0 unspecified atom stereocenters. The first-order valence-electron chi connectivity index (χ1n) is 8.74. The highest BCUT2D eigenvalue weighted by molar-refractivity contribution is 7.80. The maximum Gasteiger partial charge on any atom is 0.173 e. The van der Waals surface area contributed by atoms with Crippen LogP contribution in [-0.4, -0.2) is 43.3 Å². The van der Waals surface area contributed by atoms with E-state index in [1.54, 1.807) is 12.0 Å². The quantitative estimate of drug-likeness (QED) is 0.821. The molecule has 1 heterocycles. The maximum atomic E-state index is 5.59. The van der Waals surface area contributed by atoms with Gasteiger partial charge >= 0.3 is 0 Å². The largest absolute Gasteiger partial charge is 0.497 e. The number of rotatable bonds is 4. The standard InChI is InChI=1S/C20H25N3OS/c1-16-6-3-4-7-17(16)15-22-10-12-23(13-11-22)20(25)21-18-8-5-9-19(14-18)24-2/h3-9,14H,10-13,15H2,1-2H3,(H,21,25)/p+1. The molecule has 0 radical (unpaired) electrons. The number of anilines is 1. The van der Waals surface area contributed by atoms with Gasteiger partial charge in [0.15, 0.2) is 5.11 Å². The van der Waals surface area contributed by atoms with Crippen LogP contribution >= 0.6 is 12.2 Å². The van der Waals surface area contributed by atoms with Crippen LogP contribution in [0.5, 0.6) is 5.75 Å². The summed E-state index contributed by atoms with van der Waals surface area (Å²) in [5, 5.41) is 4.12. The Morgan fingerprint density at radius 1 is 1.16 bits per heavy atom. The van der Waals surface area contributed by atoms with Gasteiger partial charge in [0.2, 0.25) is 0 Å². The minimum absolute atomic E-state index is 0.795. The van der Waals surface area contributed by atoms with Gasteiger partial charge < -0.3 is 19.9 Å². The Balaban J connectivity index is 1.51. The molecule has 0 atom stereocenters. The summed E-state index contributed by atoms with van der Waals surface area (Å²) >= 11 is 5.59. The second-order valence-electron chi connectivity index (χ2n) is 6.50. The van der Waals surface area contributed by atoms with Gasteiger partial charge in [0.1, 0.15) is 12.3 Å². The minimum atomic E-state index is 0.795. The van der Waals surface area contributed by atoms with E-state index in [9.17, 15) is 0 Å². The third-order valence-electron chi connectivity index (χ3n) is 4.78. The molecule has 2 N–H and O–H groups in total. The Hall–Kier alpha value is -2.11. The van der Waals surface area contributed by atoms with E-state index >= 15 is 0 Å². The number of benzene rings is 2. The molecule has 4 nitrogen and oxygen atoms in total. The first-order valence-corrected chi connectivity index (χ1v) is 9.14. The molecular formula is C20H26N3OS+. The summed E-state index contributed by atoms with van der Waals surface area (Å²) in [6, 6.07) is 16.5. The van der Waals surface area contributed by atoms with Crippen molar-refractivity contribution in [2.45, 2.75) is 13.5 Å². The smallest absolute Gasteiger partial charge is 0.173 e. The van der Waals surface area contributed by atoms with Crippen molar-refractivity contribution in [3.05, 3.63) is 59.7 Å². The summed E-state index contributed by atoms with van der Waals surface area (Å²) < 4.78 is 5.26. The van der Waals surface area contributed by atoms with Crippen LogP contribution in [-0.2, 0) is 6.54 Å². The Kier molecular flexibility index (Phi) is 5.89. The van der Waals surface area contributed by atoms with Crippen molar-refractivity contribution in [1.29, 1.82) is 0 Å². The second kappa shape index (κ2) is 8.32. The number of aryl methyl sites for hydroxylation is 1. The molecule has 2 aromatic carbocycles. The highest BCUT2D eigenvalue weighted by atomic mass is 32.1. The zero-order valence-electron chi connectivity index (χ0n) is 14.9. The van der Waals surface area contributed by atoms with Crippen molar-refractivity contribution in [2.24, 2.45) is 0 Å². The van der Waals surface area contributed by atoms with Crippen molar-refractivity contribution < 1.29 is 9.64 Å². The normalized spacial score (nSPS) is 15.0. The Bertz CT molecular complexity index is 726. The van der Waals surface area contributed by atoms with E-state index < -0.39 is 0 Å². The van der Waals surface area contributed by atoms with Gasteiger partial charge in [0, 0.05) is 17.3 Å². The fourth-order valence-electron chi connectivity index (χ4n) is 3.18. The predicted molar refractivity (Wildman–Crippen MR) is 106 cm³/mol.